The summed E-state index contributed by atoms with van der Waals surface area (Å²) in [6, 6.07) is 22.4. The summed E-state index contributed by atoms with van der Waals surface area (Å²) in [6.45, 7) is 2.58. The molecule has 8 nitrogen and oxygen atoms in total. The van der Waals surface area contributed by atoms with Crippen LogP contribution in [0, 0.1) is 0 Å². The molecule has 0 unspecified atom stereocenters. The van der Waals surface area contributed by atoms with E-state index in [1.807, 2.05) is 18.2 Å². The first-order valence-corrected chi connectivity index (χ1v) is 15.8. The number of rotatable bonds is 10. The summed E-state index contributed by atoms with van der Waals surface area (Å²) in [5.41, 5.74) is 1.56. The number of hydrogen-bond donors (Lipinski definition) is 1. The van der Waals surface area contributed by atoms with Crippen LogP contribution in [0.1, 0.15) is 31.2 Å². The minimum absolute atomic E-state index is 0.0345. The molecule has 1 aliphatic heterocycles. The van der Waals surface area contributed by atoms with Gasteiger partial charge in [0.05, 0.1) is 16.9 Å². The van der Waals surface area contributed by atoms with Gasteiger partial charge in [0.2, 0.25) is 10.0 Å². The smallest absolute Gasteiger partial charge is 0.261 e. The zero-order valence-electron chi connectivity index (χ0n) is 21.4. The lowest BCUT2D eigenvalue weighted by molar-refractivity contribution is 0.150. The molecule has 2 aliphatic rings. The van der Waals surface area contributed by atoms with E-state index >= 15 is 0 Å². The van der Waals surface area contributed by atoms with Gasteiger partial charge in [-0.15, -0.1) is 0 Å². The van der Waals surface area contributed by atoms with Crippen LogP contribution in [0.25, 0.3) is 0 Å². The van der Waals surface area contributed by atoms with E-state index < -0.39 is 20.0 Å². The fraction of sp³-hybridized carbons (Fsp3) is 0.357. The fourth-order valence-corrected chi connectivity index (χ4v) is 7.97. The van der Waals surface area contributed by atoms with Gasteiger partial charge in [-0.3, -0.25) is 9.62 Å². The quantitative estimate of drug-likeness (QED) is 0.401. The molecule has 2 fully saturated rings. The molecule has 1 N–H and O–H groups in total. The van der Waals surface area contributed by atoms with E-state index in [9.17, 15) is 16.8 Å². The van der Waals surface area contributed by atoms with Crippen molar-refractivity contribution < 1.29 is 21.6 Å². The number of ether oxygens (including phenoxy) is 1. The third kappa shape index (κ3) is 6.04. The molecule has 38 heavy (non-hydrogen) atoms. The highest BCUT2D eigenvalue weighted by atomic mass is 32.2. The van der Waals surface area contributed by atoms with Gasteiger partial charge in [0.1, 0.15) is 5.75 Å². The number of hydrogen-bond acceptors (Lipinski definition) is 6. The van der Waals surface area contributed by atoms with Crippen molar-refractivity contribution in [2.75, 3.05) is 24.9 Å². The molecular weight excluding hydrogens is 522 g/mol. The van der Waals surface area contributed by atoms with Crippen LogP contribution in [0.4, 0.5) is 5.69 Å². The van der Waals surface area contributed by atoms with Crippen LogP contribution in [0.15, 0.2) is 88.7 Å². The second kappa shape index (κ2) is 11.1. The highest BCUT2D eigenvalue weighted by molar-refractivity contribution is 7.92. The minimum atomic E-state index is -3.82. The lowest BCUT2D eigenvalue weighted by atomic mass is 10.0. The standard InChI is InChI=1S/C28H33N3O5S2/c1-36-26-11-15-27(16-12-26)37(32,33)29-23-7-13-28(14-8-23)38(34,35)31(24-9-10-24)25-17-19-30(20-18-25)21-22-5-3-2-4-6-22/h2-8,11-16,24-25,29H,9-10,17-21H2,1H3. The zero-order valence-corrected chi connectivity index (χ0v) is 23.0. The number of likely N-dealkylation sites (tertiary alicyclic amines) is 1. The summed E-state index contributed by atoms with van der Waals surface area (Å²) < 4.78 is 62.3. The summed E-state index contributed by atoms with van der Waals surface area (Å²) >= 11 is 0. The molecule has 0 radical (unpaired) electrons. The van der Waals surface area contributed by atoms with Crippen molar-refractivity contribution in [3.05, 3.63) is 84.4 Å². The predicted molar refractivity (Wildman–Crippen MR) is 147 cm³/mol. The van der Waals surface area contributed by atoms with Gasteiger partial charge in [-0.2, -0.15) is 4.31 Å². The van der Waals surface area contributed by atoms with E-state index in [1.165, 1.54) is 49.1 Å². The number of nitrogens with zero attached hydrogens (tertiary/aromatic N) is 2. The Bertz CT molecular complexity index is 1430. The zero-order chi connectivity index (χ0) is 26.8. The van der Waals surface area contributed by atoms with Gasteiger partial charge in [-0.1, -0.05) is 30.3 Å². The molecule has 202 valence electrons. The van der Waals surface area contributed by atoms with E-state index in [2.05, 4.69) is 21.8 Å². The highest BCUT2D eigenvalue weighted by Crippen LogP contribution is 2.37. The van der Waals surface area contributed by atoms with E-state index in [4.69, 9.17) is 4.74 Å². The summed E-state index contributed by atoms with van der Waals surface area (Å²) in [6.07, 6.45) is 3.34. The SMILES string of the molecule is COc1ccc(S(=O)(=O)Nc2ccc(S(=O)(=O)N(C3CC3)C3CCN(Cc4ccccc4)CC3)cc2)cc1. The van der Waals surface area contributed by atoms with Crippen molar-refractivity contribution in [1.82, 2.24) is 9.21 Å². The normalized spacial score (nSPS) is 17.4. The van der Waals surface area contributed by atoms with Gasteiger partial charge in [0.25, 0.3) is 10.0 Å². The molecule has 3 aromatic rings. The van der Waals surface area contributed by atoms with Crippen molar-refractivity contribution in [2.45, 2.75) is 54.1 Å². The van der Waals surface area contributed by atoms with Crippen molar-refractivity contribution in [2.24, 2.45) is 0 Å². The first-order chi connectivity index (χ1) is 18.3. The molecule has 0 bridgehead atoms. The van der Waals surface area contributed by atoms with E-state index in [0.717, 1.165) is 45.3 Å². The van der Waals surface area contributed by atoms with Gasteiger partial charge < -0.3 is 4.74 Å². The number of piperidine rings is 1. The minimum Gasteiger partial charge on any atom is -0.497 e. The molecule has 0 spiro atoms. The van der Waals surface area contributed by atoms with E-state index in [-0.39, 0.29) is 21.9 Å². The van der Waals surface area contributed by atoms with Crippen LogP contribution in [-0.2, 0) is 26.6 Å². The van der Waals surface area contributed by atoms with E-state index in [1.54, 1.807) is 16.4 Å². The van der Waals surface area contributed by atoms with Crippen LogP contribution in [0.3, 0.4) is 0 Å². The molecule has 1 heterocycles. The summed E-state index contributed by atoms with van der Waals surface area (Å²) in [5, 5.41) is 0. The predicted octanol–water partition coefficient (Wildman–Crippen LogP) is 4.31. The van der Waals surface area contributed by atoms with Crippen molar-refractivity contribution >= 4 is 25.7 Å². The second-order valence-electron chi connectivity index (χ2n) is 9.86. The van der Waals surface area contributed by atoms with Crippen LogP contribution in [0.2, 0.25) is 0 Å². The van der Waals surface area contributed by atoms with Crippen molar-refractivity contribution in [3.63, 3.8) is 0 Å². The van der Waals surface area contributed by atoms with Crippen LogP contribution < -0.4 is 9.46 Å². The maximum absolute atomic E-state index is 13.7. The summed E-state index contributed by atoms with van der Waals surface area (Å²) in [5.74, 6) is 0.556. The topological polar surface area (TPSA) is 96.0 Å². The maximum atomic E-state index is 13.7. The van der Waals surface area contributed by atoms with Gasteiger partial charge >= 0.3 is 0 Å². The summed E-state index contributed by atoms with van der Waals surface area (Å²) in [4.78, 5) is 2.66. The highest BCUT2D eigenvalue weighted by Gasteiger charge is 2.43. The monoisotopic (exact) mass is 555 g/mol. The Morgan fingerprint density at radius 2 is 1.37 bits per heavy atom. The Kier molecular flexibility index (Phi) is 7.76. The first-order valence-electron chi connectivity index (χ1n) is 12.8. The van der Waals surface area contributed by atoms with Gasteiger partial charge in [-0.25, -0.2) is 16.8 Å². The van der Waals surface area contributed by atoms with Crippen molar-refractivity contribution in [1.29, 1.82) is 0 Å². The molecule has 0 atom stereocenters. The Hall–Kier alpha value is -2.92. The molecular formula is C28H33N3O5S2. The third-order valence-electron chi connectivity index (χ3n) is 7.12. The Morgan fingerprint density at radius 1 is 0.789 bits per heavy atom. The average Bonchev–Trinajstić information content (AvgIpc) is 3.75. The Balaban J connectivity index is 1.26. The molecule has 0 amide bonds. The Labute approximate surface area is 225 Å². The number of nitrogens with one attached hydrogen (secondary N) is 1. The van der Waals surface area contributed by atoms with E-state index in [0.29, 0.717) is 11.4 Å². The average molecular weight is 556 g/mol. The third-order valence-corrected chi connectivity index (χ3v) is 10.5. The number of benzene rings is 3. The van der Waals surface area contributed by atoms with Gasteiger partial charge in [0, 0.05) is 37.4 Å². The Morgan fingerprint density at radius 3 is 1.95 bits per heavy atom. The number of sulfonamides is 2. The van der Waals surface area contributed by atoms with Crippen LogP contribution in [-0.4, -0.2) is 58.3 Å². The molecule has 1 saturated heterocycles. The maximum Gasteiger partial charge on any atom is 0.261 e. The van der Waals surface area contributed by atoms with Crippen molar-refractivity contribution in [3.8, 4) is 5.75 Å². The van der Waals surface area contributed by atoms with Crippen LogP contribution >= 0.6 is 0 Å². The number of methoxy groups -OCH3 is 1. The first kappa shape index (κ1) is 26.7. The molecule has 1 aliphatic carbocycles. The lowest BCUT2D eigenvalue weighted by Crippen LogP contribution is -2.48. The molecule has 0 aromatic heterocycles. The molecule has 1 saturated carbocycles. The molecule has 5 rings (SSSR count). The summed E-state index contributed by atoms with van der Waals surface area (Å²) in [7, 11) is -6.02. The molecule has 10 heteroatoms. The van der Waals surface area contributed by atoms with Crippen LogP contribution in [0.5, 0.6) is 5.75 Å². The van der Waals surface area contributed by atoms with Gasteiger partial charge in [-0.05, 0) is 79.8 Å². The lowest BCUT2D eigenvalue weighted by Gasteiger charge is -2.38. The second-order valence-corrected chi connectivity index (χ2v) is 13.4. The largest absolute Gasteiger partial charge is 0.497 e. The fourth-order valence-electron chi connectivity index (χ4n) is 4.98. The van der Waals surface area contributed by atoms with Gasteiger partial charge in [0.15, 0.2) is 0 Å². The number of anilines is 1. The molecule has 3 aromatic carbocycles.